The highest BCUT2D eigenvalue weighted by molar-refractivity contribution is 6.05. The van der Waals surface area contributed by atoms with Gasteiger partial charge in [0.2, 0.25) is 0 Å². The number of nitrogens with zero attached hydrogens (tertiary/aromatic N) is 2. The lowest BCUT2D eigenvalue weighted by Crippen LogP contribution is -2.12. The van der Waals surface area contributed by atoms with Crippen LogP contribution in [-0.2, 0) is 0 Å². The number of rotatable bonds is 6. The smallest absolute Gasteiger partial charge is 0.259 e. The zero-order valence-corrected chi connectivity index (χ0v) is 18.5. The minimum Gasteiger partial charge on any atom is -0.466 e. The molecule has 0 aliphatic rings. The van der Waals surface area contributed by atoms with E-state index in [1.807, 2.05) is 68.4 Å². The van der Waals surface area contributed by atoms with Crippen molar-refractivity contribution in [1.82, 2.24) is 9.97 Å². The van der Waals surface area contributed by atoms with E-state index in [9.17, 15) is 4.79 Å². The molecule has 3 N–H and O–H groups in total. The van der Waals surface area contributed by atoms with E-state index in [2.05, 4.69) is 32.8 Å². The molecule has 0 atom stereocenters. The first-order chi connectivity index (χ1) is 15.4. The molecule has 4 aromatic rings. The van der Waals surface area contributed by atoms with Gasteiger partial charge in [0.25, 0.3) is 5.91 Å². The fourth-order valence-electron chi connectivity index (χ4n) is 3.32. The number of furan rings is 1. The van der Waals surface area contributed by atoms with E-state index in [1.165, 1.54) is 5.56 Å². The molecule has 0 fully saturated rings. The molecule has 2 aromatic heterocycles. The van der Waals surface area contributed by atoms with Crippen LogP contribution in [0.15, 0.2) is 65.1 Å². The largest absolute Gasteiger partial charge is 0.466 e. The number of carbonyl (C=O) groups excluding carboxylic acids is 1. The van der Waals surface area contributed by atoms with Crippen molar-refractivity contribution in [2.45, 2.75) is 27.7 Å². The standard InChI is InChI=1S/C25H25N5O2/c1-15-5-7-19(8-6-15)28-23-14-24(27-18(4)26-23)29-20-9-11-21(12-10-20)30-25(31)22-13-16(2)32-17(22)3/h5-14H,1-4H3,(H,30,31)(H2,26,27,28,29). The number of anilines is 5. The maximum Gasteiger partial charge on any atom is 0.259 e. The molecular formula is C25H25N5O2. The molecule has 4 rings (SSSR count). The van der Waals surface area contributed by atoms with Crippen molar-refractivity contribution in [3.63, 3.8) is 0 Å². The van der Waals surface area contributed by atoms with Crippen LogP contribution in [0.5, 0.6) is 0 Å². The molecule has 0 unspecified atom stereocenters. The lowest BCUT2D eigenvalue weighted by molar-refractivity contribution is 0.102. The maximum absolute atomic E-state index is 12.5. The first-order valence-corrected chi connectivity index (χ1v) is 10.3. The van der Waals surface area contributed by atoms with Crippen molar-refractivity contribution in [2.24, 2.45) is 0 Å². The summed E-state index contributed by atoms with van der Waals surface area (Å²) in [5, 5.41) is 9.48. The van der Waals surface area contributed by atoms with Crippen LogP contribution in [0.1, 0.15) is 33.3 Å². The van der Waals surface area contributed by atoms with Crippen LogP contribution >= 0.6 is 0 Å². The molecule has 162 valence electrons. The second-order valence-electron chi connectivity index (χ2n) is 7.66. The number of nitrogens with one attached hydrogen (secondary N) is 3. The third-order valence-corrected chi connectivity index (χ3v) is 4.86. The van der Waals surface area contributed by atoms with Gasteiger partial charge < -0.3 is 20.4 Å². The summed E-state index contributed by atoms with van der Waals surface area (Å²) >= 11 is 0. The summed E-state index contributed by atoms with van der Waals surface area (Å²) in [7, 11) is 0. The fourth-order valence-corrected chi connectivity index (χ4v) is 3.32. The number of hydrogen-bond donors (Lipinski definition) is 3. The average molecular weight is 428 g/mol. The van der Waals surface area contributed by atoms with Crippen LogP contribution in [0.2, 0.25) is 0 Å². The third kappa shape index (κ3) is 5.13. The Kier molecular flexibility index (Phi) is 5.89. The maximum atomic E-state index is 12.5. The Morgan fingerprint density at radius 3 is 1.81 bits per heavy atom. The van der Waals surface area contributed by atoms with Crippen molar-refractivity contribution in [3.05, 3.63) is 89.1 Å². The molecule has 0 saturated carbocycles. The molecule has 1 amide bonds. The van der Waals surface area contributed by atoms with Gasteiger partial charge in [0.1, 0.15) is 29.0 Å². The Bertz CT molecular complexity index is 1240. The lowest BCUT2D eigenvalue weighted by Gasteiger charge is -2.11. The van der Waals surface area contributed by atoms with Gasteiger partial charge in [0.05, 0.1) is 5.56 Å². The Morgan fingerprint density at radius 2 is 1.28 bits per heavy atom. The van der Waals surface area contributed by atoms with Crippen LogP contribution in [0.3, 0.4) is 0 Å². The summed E-state index contributed by atoms with van der Waals surface area (Å²) in [6.45, 7) is 7.50. The van der Waals surface area contributed by atoms with E-state index < -0.39 is 0 Å². The average Bonchev–Trinajstić information content (AvgIpc) is 3.09. The number of benzene rings is 2. The van der Waals surface area contributed by atoms with Gasteiger partial charge in [-0.2, -0.15) is 0 Å². The highest BCUT2D eigenvalue weighted by atomic mass is 16.3. The van der Waals surface area contributed by atoms with Gasteiger partial charge in [-0.05, 0) is 70.2 Å². The summed E-state index contributed by atoms with van der Waals surface area (Å²) in [6, 6.07) is 19.1. The van der Waals surface area contributed by atoms with Crippen molar-refractivity contribution in [2.75, 3.05) is 16.0 Å². The summed E-state index contributed by atoms with van der Waals surface area (Å²) < 4.78 is 5.43. The molecular weight excluding hydrogens is 402 g/mol. The Morgan fingerprint density at radius 1 is 0.750 bits per heavy atom. The minimum atomic E-state index is -0.196. The van der Waals surface area contributed by atoms with Gasteiger partial charge >= 0.3 is 0 Å². The van der Waals surface area contributed by atoms with Crippen molar-refractivity contribution in [1.29, 1.82) is 0 Å². The second kappa shape index (κ2) is 8.93. The van der Waals surface area contributed by atoms with Gasteiger partial charge in [-0.1, -0.05) is 17.7 Å². The van der Waals surface area contributed by atoms with Crippen LogP contribution < -0.4 is 16.0 Å². The molecule has 2 heterocycles. The SMILES string of the molecule is Cc1ccc(Nc2cc(Nc3ccc(NC(=O)c4cc(C)oc4C)cc3)nc(C)n2)cc1. The molecule has 7 nitrogen and oxygen atoms in total. The molecule has 0 spiro atoms. The first-order valence-electron chi connectivity index (χ1n) is 10.3. The van der Waals surface area contributed by atoms with E-state index in [0.29, 0.717) is 40.2 Å². The molecule has 0 bridgehead atoms. The first kappa shape index (κ1) is 21.1. The summed E-state index contributed by atoms with van der Waals surface area (Å²) in [5.74, 6) is 3.15. The van der Waals surface area contributed by atoms with Gasteiger partial charge in [0, 0.05) is 23.1 Å². The highest BCUT2D eigenvalue weighted by Crippen LogP contribution is 2.23. The molecule has 0 radical (unpaired) electrons. The highest BCUT2D eigenvalue weighted by Gasteiger charge is 2.13. The van der Waals surface area contributed by atoms with Gasteiger partial charge in [-0.15, -0.1) is 0 Å². The Hall–Kier alpha value is -4.13. The number of aromatic nitrogens is 2. The fraction of sp³-hybridized carbons (Fsp3) is 0.160. The second-order valence-corrected chi connectivity index (χ2v) is 7.66. The zero-order valence-electron chi connectivity index (χ0n) is 18.5. The molecule has 32 heavy (non-hydrogen) atoms. The Labute approximate surface area is 186 Å². The molecule has 0 saturated heterocycles. The van der Waals surface area contributed by atoms with Crippen molar-refractivity contribution >= 4 is 34.6 Å². The Balaban J connectivity index is 1.44. The predicted octanol–water partition coefficient (Wildman–Crippen LogP) is 6.04. The van der Waals surface area contributed by atoms with E-state index in [-0.39, 0.29) is 5.91 Å². The monoisotopic (exact) mass is 427 g/mol. The van der Waals surface area contributed by atoms with Crippen molar-refractivity contribution < 1.29 is 9.21 Å². The van der Waals surface area contributed by atoms with E-state index in [0.717, 1.165) is 11.4 Å². The van der Waals surface area contributed by atoms with E-state index in [1.54, 1.807) is 13.0 Å². The van der Waals surface area contributed by atoms with Crippen LogP contribution in [0.25, 0.3) is 0 Å². The minimum absolute atomic E-state index is 0.196. The number of aryl methyl sites for hydroxylation is 4. The zero-order chi connectivity index (χ0) is 22.7. The normalized spacial score (nSPS) is 10.6. The molecule has 7 heteroatoms. The van der Waals surface area contributed by atoms with Crippen molar-refractivity contribution in [3.8, 4) is 0 Å². The quantitative estimate of drug-likeness (QED) is 0.347. The third-order valence-electron chi connectivity index (χ3n) is 4.86. The van der Waals surface area contributed by atoms with Gasteiger partial charge in [-0.25, -0.2) is 9.97 Å². The lowest BCUT2D eigenvalue weighted by atomic mass is 10.2. The van der Waals surface area contributed by atoms with Gasteiger partial charge in [-0.3, -0.25) is 4.79 Å². The molecule has 0 aliphatic heterocycles. The molecule has 2 aromatic carbocycles. The molecule has 0 aliphatic carbocycles. The summed E-state index contributed by atoms with van der Waals surface area (Å²) in [6.07, 6.45) is 0. The van der Waals surface area contributed by atoms with Gasteiger partial charge in [0.15, 0.2) is 0 Å². The van der Waals surface area contributed by atoms with E-state index in [4.69, 9.17) is 4.42 Å². The van der Waals surface area contributed by atoms with Crippen LogP contribution in [0.4, 0.5) is 28.7 Å². The number of carbonyl (C=O) groups is 1. The van der Waals surface area contributed by atoms with E-state index >= 15 is 0 Å². The summed E-state index contributed by atoms with van der Waals surface area (Å²) in [4.78, 5) is 21.4. The topological polar surface area (TPSA) is 92.1 Å². The predicted molar refractivity (Wildman–Crippen MR) is 127 cm³/mol. The van der Waals surface area contributed by atoms with Crippen LogP contribution in [0, 0.1) is 27.7 Å². The van der Waals surface area contributed by atoms with Crippen LogP contribution in [-0.4, -0.2) is 15.9 Å². The number of amides is 1. The summed E-state index contributed by atoms with van der Waals surface area (Å²) in [5.41, 5.74) is 4.24. The number of hydrogen-bond acceptors (Lipinski definition) is 6.